The van der Waals surface area contributed by atoms with E-state index in [0.29, 0.717) is 34.4 Å². The Hall–Kier alpha value is -3.46. The number of hydrogen-bond acceptors (Lipinski definition) is 5. The summed E-state index contributed by atoms with van der Waals surface area (Å²) < 4.78 is 10.5. The number of nitrogens with one attached hydrogen (secondary N) is 3. The number of urea groups is 1. The van der Waals surface area contributed by atoms with Crippen molar-refractivity contribution in [1.82, 2.24) is 10.2 Å². The number of benzene rings is 2. The van der Waals surface area contributed by atoms with Gasteiger partial charge in [-0.2, -0.15) is 0 Å². The summed E-state index contributed by atoms with van der Waals surface area (Å²) >= 11 is 5.86. The van der Waals surface area contributed by atoms with E-state index in [-0.39, 0.29) is 25.7 Å². The maximum Gasteiger partial charge on any atom is 0.322 e. The van der Waals surface area contributed by atoms with Gasteiger partial charge in [-0.1, -0.05) is 11.6 Å². The first-order valence-corrected chi connectivity index (χ1v) is 9.68. The van der Waals surface area contributed by atoms with Gasteiger partial charge in [0, 0.05) is 35.6 Å². The minimum absolute atomic E-state index is 0.132. The molecule has 0 radical (unpaired) electrons. The molecule has 2 aliphatic rings. The Morgan fingerprint density at radius 3 is 2.60 bits per heavy atom. The molecular weight excluding hydrogens is 412 g/mol. The maximum atomic E-state index is 12.7. The van der Waals surface area contributed by atoms with E-state index >= 15 is 0 Å². The van der Waals surface area contributed by atoms with Crippen LogP contribution in [-0.4, -0.2) is 48.7 Å². The van der Waals surface area contributed by atoms with Gasteiger partial charge in [0.2, 0.25) is 18.6 Å². The Balaban J connectivity index is 1.42. The van der Waals surface area contributed by atoms with Crippen LogP contribution in [0.2, 0.25) is 5.02 Å². The number of carbonyl (C=O) groups excluding carboxylic acids is 3. The van der Waals surface area contributed by atoms with Crippen LogP contribution in [0, 0.1) is 0 Å². The molecule has 30 heavy (non-hydrogen) atoms. The average molecular weight is 431 g/mol. The fraction of sp³-hybridized carbons (Fsp3) is 0.250. The van der Waals surface area contributed by atoms with Crippen molar-refractivity contribution in [2.45, 2.75) is 12.5 Å². The smallest absolute Gasteiger partial charge is 0.322 e. The molecule has 2 aromatic rings. The van der Waals surface area contributed by atoms with Crippen molar-refractivity contribution in [1.29, 1.82) is 0 Å². The molecule has 9 nitrogen and oxygen atoms in total. The van der Waals surface area contributed by atoms with Crippen molar-refractivity contribution in [3.63, 3.8) is 0 Å². The zero-order valence-corrected chi connectivity index (χ0v) is 16.6. The van der Waals surface area contributed by atoms with Crippen LogP contribution in [0.5, 0.6) is 11.5 Å². The summed E-state index contributed by atoms with van der Waals surface area (Å²) in [6, 6.07) is 10.2. The van der Waals surface area contributed by atoms with E-state index in [0.717, 1.165) is 0 Å². The SMILES string of the molecule is O=C(C[C@@H]1C(=O)NCCN1C(=O)Nc1ccc(Cl)cc1)Nc1ccc2c(c1)OCO2. The summed E-state index contributed by atoms with van der Waals surface area (Å²) in [7, 11) is 0. The van der Waals surface area contributed by atoms with Gasteiger partial charge in [-0.25, -0.2) is 4.79 Å². The van der Waals surface area contributed by atoms with Crippen molar-refractivity contribution >= 4 is 40.8 Å². The van der Waals surface area contributed by atoms with Gasteiger partial charge in [0.1, 0.15) is 6.04 Å². The van der Waals surface area contributed by atoms with Crippen LogP contribution < -0.4 is 25.4 Å². The first kappa shape index (κ1) is 19.8. The summed E-state index contributed by atoms with van der Waals surface area (Å²) in [6.45, 7) is 0.729. The third-order valence-corrected chi connectivity index (χ3v) is 4.97. The van der Waals surface area contributed by atoms with E-state index in [2.05, 4.69) is 16.0 Å². The molecule has 1 atom stereocenters. The van der Waals surface area contributed by atoms with Crippen molar-refractivity contribution < 1.29 is 23.9 Å². The van der Waals surface area contributed by atoms with E-state index in [9.17, 15) is 14.4 Å². The van der Waals surface area contributed by atoms with Crippen LogP contribution in [0.1, 0.15) is 6.42 Å². The van der Waals surface area contributed by atoms with Crippen LogP contribution in [0.15, 0.2) is 42.5 Å². The van der Waals surface area contributed by atoms with Gasteiger partial charge >= 0.3 is 6.03 Å². The van der Waals surface area contributed by atoms with Crippen molar-refractivity contribution in [2.75, 3.05) is 30.5 Å². The zero-order chi connectivity index (χ0) is 21.1. The highest BCUT2D eigenvalue weighted by molar-refractivity contribution is 6.30. The van der Waals surface area contributed by atoms with E-state index in [1.807, 2.05) is 0 Å². The molecule has 2 aliphatic heterocycles. The molecule has 0 aliphatic carbocycles. The Bertz CT molecular complexity index is 982. The zero-order valence-electron chi connectivity index (χ0n) is 15.8. The predicted molar refractivity (Wildman–Crippen MR) is 110 cm³/mol. The number of anilines is 2. The molecule has 3 N–H and O–H groups in total. The van der Waals surface area contributed by atoms with Crippen molar-refractivity contribution in [3.8, 4) is 11.5 Å². The lowest BCUT2D eigenvalue weighted by Gasteiger charge is -2.34. The molecule has 4 amide bonds. The lowest BCUT2D eigenvalue weighted by Crippen LogP contribution is -2.59. The van der Waals surface area contributed by atoms with E-state index in [4.69, 9.17) is 21.1 Å². The Kier molecular flexibility index (Phi) is 5.62. The van der Waals surface area contributed by atoms with Gasteiger partial charge in [-0.15, -0.1) is 0 Å². The lowest BCUT2D eigenvalue weighted by molar-refractivity contribution is -0.130. The highest BCUT2D eigenvalue weighted by Crippen LogP contribution is 2.34. The maximum absolute atomic E-state index is 12.7. The van der Waals surface area contributed by atoms with Crippen LogP contribution in [0.3, 0.4) is 0 Å². The number of rotatable bonds is 4. The number of halogens is 1. The first-order valence-electron chi connectivity index (χ1n) is 9.30. The fourth-order valence-corrected chi connectivity index (χ4v) is 3.38. The average Bonchev–Trinajstić information content (AvgIpc) is 3.19. The topological polar surface area (TPSA) is 109 Å². The molecule has 0 saturated carbocycles. The standard InChI is InChI=1S/C20H19ClN4O5/c21-12-1-3-13(4-2-12)24-20(28)25-8-7-22-19(27)15(25)10-18(26)23-14-5-6-16-17(9-14)30-11-29-16/h1-6,9,15H,7-8,10-11H2,(H,22,27)(H,23,26)(H,24,28)/t15-/m1/s1. The van der Waals surface area contributed by atoms with Gasteiger partial charge in [0.25, 0.3) is 0 Å². The number of fused-ring (bicyclic) bond motifs is 1. The molecule has 4 rings (SSSR count). The van der Waals surface area contributed by atoms with Gasteiger partial charge in [-0.3, -0.25) is 9.59 Å². The largest absolute Gasteiger partial charge is 0.454 e. The minimum Gasteiger partial charge on any atom is -0.454 e. The van der Waals surface area contributed by atoms with Crippen molar-refractivity contribution in [2.24, 2.45) is 0 Å². The van der Waals surface area contributed by atoms with Gasteiger partial charge in [-0.05, 0) is 36.4 Å². The second-order valence-electron chi connectivity index (χ2n) is 6.76. The fourth-order valence-electron chi connectivity index (χ4n) is 3.25. The minimum atomic E-state index is -0.930. The summed E-state index contributed by atoms with van der Waals surface area (Å²) in [5.41, 5.74) is 1.05. The van der Waals surface area contributed by atoms with E-state index < -0.39 is 18.0 Å². The van der Waals surface area contributed by atoms with Gasteiger partial charge in [0.15, 0.2) is 11.5 Å². The highest BCUT2D eigenvalue weighted by Gasteiger charge is 2.35. The van der Waals surface area contributed by atoms with Crippen LogP contribution >= 0.6 is 11.6 Å². The molecule has 0 spiro atoms. The Morgan fingerprint density at radius 2 is 1.80 bits per heavy atom. The molecule has 2 aromatic carbocycles. The molecule has 1 saturated heterocycles. The van der Waals surface area contributed by atoms with Crippen LogP contribution in [0.25, 0.3) is 0 Å². The lowest BCUT2D eigenvalue weighted by atomic mass is 10.1. The molecule has 0 aromatic heterocycles. The highest BCUT2D eigenvalue weighted by atomic mass is 35.5. The molecule has 0 bridgehead atoms. The third-order valence-electron chi connectivity index (χ3n) is 4.72. The Labute approximate surface area is 177 Å². The number of piperazine rings is 1. The molecule has 1 fully saturated rings. The first-order chi connectivity index (χ1) is 14.5. The van der Waals surface area contributed by atoms with E-state index in [1.165, 1.54) is 4.90 Å². The molecule has 10 heteroatoms. The molecular formula is C20H19ClN4O5. The Morgan fingerprint density at radius 1 is 1.07 bits per heavy atom. The number of amides is 4. The van der Waals surface area contributed by atoms with Gasteiger partial charge in [0.05, 0.1) is 6.42 Å². The van der Waals surface area contributed by atoms with Crippen molar-refractivity contribution in [3.05, 3.63) is 47.5 Å². The number of carbonyl (C=O) groups is 3. The van der Waals surface area contributed by atoms with Gasteiger partial charge < -0.3 is 30.3 Å². The number of hydrogen-bond donors (Lipinski definition) is 3. The number of ether oxygens (including phenoxy) is 2. The predicted octanol–water partition coefficient (Wildman–Crippen LogP) is 2.43. The normalized spacial score (nSPS) is 17.3. The second kappa shape index (κ2) is 8.50. The quantitative estimate of drug-likeness (QED) is 0.690. The number of nitrogens with zero attached hydrogens (tertiary/aromatic N) is 1. The molecule has 2 heterocycles. The summed E-state index contributed by atoms with van der Waals surface area (Å²) in [5, 5.41) is 8.70. The van der Waals surface area contributed by atoms with Crippen LogP contribution in [0.4, 0.5) is 16.2 Å². The second-order valence-corrected chi connectivity index (χ2v) is 7.19. The van der Waals surface area contributed by atoms with Crippen LogP contribution in [-0.2, 0) is 9.59 Å². The summed E-state index contributed by atoms with van der Waals surface area (Å²) in [4.78, 5) is 39.0. The summed E-state index contributed by atoms with van der Waals surface area (Å²) in [5.74, 6) is 0.352. The third kappa shape index (κ3) is 4.41. The monoisotopic (exact) mass is 430 g/mol. The summed E-state index contributed by atoms with van der Waals surface area (Å²) in [6.07, 6.45) is -0.186. The molecule has 0 unspecified atom stereocenters. The van der Waals surface area contributed by atoms with E-state index in [1.54, 1.807) is 42.5 Å². The molecule has 156 valence electrons.